The van der Waals surface area contributed by atoms with E-state index in [2.05, 4.69) is 10.3 Å². The van der Waals surface area contributed by atoms with E-state index in [1.807, 2.05) is 32.6 Å². The van der Waals surface area contributed by atoms with E-state index in [1.54, 1.807) is 0 Å². The number of aliphatic hydroxyl groups is 1. The largest absolute Gasteiger partial charge is 0.459 e. The molecule has 1 heterocycles. The molecule has 0 aromatic carbocycles. The molecule has 1 aliphatic heterocycles. The Hall–Kier alpha value is -1.30. The molecule has 1 saturated heterocycles. The lowest BCUT2D eigenvalue weighted by molar-refractivity contribution is -0.152. The summed E-state index contributed by atoms with van der Waals surface area (Å²) in [6, 6.07) is 0. The van der Waals surface area contributed by atoms with E-state index in [4.69, 9.17) is 4.74 Å². The Morgan fingerprint density at radius 3 is 2.68 bits per heavy atom. The number of nitrogens with one attached hydrogen (secondary N) is 1. The van der Waals surface area contributed by atoms with Crippen LogP contribution in [0.3, 0.4) is 0 Å². The lowest BCUT2D eigenvalue weighted by Gasteiger charge is -2.22. The number of carbonyl (C=O) groups is 1. The highest BCUT2D eigenvalue weighted by molar-refractivity contribution is 5.83. The number of guanidine groups is 1. The molecule has 19 heavy (non-hydrogen) atoms. The minimum Gasteiger partial charge on any atom is -0.459 e. The number of aliphatic hydroxyl groups excluding tert-OH is 1. The number of esters is 1. The maximum absolute atomic E-state index is 11.6. The summed E-state index contributed by atoms with van der Waals surface area (Å²) < 4.78 is 5.21. The van der Waals surface area contributed by atoms with E-state index >= 15 is 0 Å². The zero-order valence-electron chi connectivity index (χ0n) is 12.3. The Labute approximate surface area is 114 Å². The van der Waals surface area contributed by atoms with Crippen LogP contribution < -0.4 is 5.32 Å². The summed E-state index contributed by atoms with van der Waals surface area (Å²) >= 11 is 0. The van der Waals surface area contributed by atoms with Crippen molar-refractivity contribution in [3.8, 4) is 0 Å². The van der Waals surface area contributed by atoms with Crippen LogP contribution in [-0.2, 0) is 9.53 Å². The van der Waals surface area contributed by atoms with Crippen LogP contribution in [0.15, 0.2) is 4.99 Å². The summed E-state index contributed by atoms with van der Waals surface area (Å²) in [6.45, 7) is 9.48. The SMILES string of the molecule is CCNC(=NCC(=O)OC(C)(C)C)N1CC[C@@H](O)C1. The fourth-order valence-electron chi connectivity index (χ4n) is 1.87. The highest BCUT2D eigenvalue weighted by atomic mass is 16.6. The van der Waals surface area contributed by atoms with Crippen molar-refractivity contribution >= 4 is 11.9 Å². The molecule has 1 rings (SSSR count). The molecule has 0 radical (unpaired) electrons. The second-order valence-corrected chi connectivity index (χ2v) is 5.65. The average Bonchev–Trinajstić information content (AvgIpc) is 2.68. The van der Waals surface area contributed by atoms with Crippen LogP contribution in [0.5, 0.6) is 0 Å². The van der Waals surface area contributed by atoms with E-state index < -0.39 is 5.60 Å². The number of carbonyl (C=O) groups excluding carboxylic acids is 1. The summed E-state index contributed by atoms with van der Waals surface area (Å²) in [5.41, 5.74) is -0.491. The van der Waals surface area contributed by atoms with E-state index in [1.165, 1.54) is 0 Å². The normalized spacial score (nSPS) is 20.6. The summed E-state index contributed by atoms with van der Waals surface area (Å²) in [4.78, 5) is 17.8. The molecule has 0 spiro atoms. The van der Waals surface area contributed by atoms with Crippen molar-refractivity contribution < 1.29 is 14.6 Å². The van der Waals surface area contributed by atoms with E-state index in [0.29, 0.717) is 12.5 Å². The minimum atomic E-state index is -0.491. The molecule has 110 valence electrons. The predicted molar refractivity (Wildman–Crippen MR) is 74.0 cm³/mol. The molecule has 2 N–H and O–H groups in total. The summed E-state index contributed by atoms with van der Waals surface area (Å²) in [5, 5.41) is 12.7. The summed E-state index contributed by atoms with van der Waals surface area (Å²) in [5.74, 6) is 0.313. The van der Waals surface area contributed by atoms with Crippen molar-refractivity contribution in [3.05, 3.63) is 0 Å². The lowest BCUT2D eigenvalue weighted by Crippen LogP contribution is -2.41. The molecule has 0 unspecified atom stereocenters. The van der Waals surface area contributed by atoms with Crippen molar-refractivity contribution in [2.75, 3.05) is 26.2 Å². The van der Waals surface area contributed by atoms with Gasteiger partial charge in [-0.3, -0.25) is 4.79 Å². The molecule has 1 atom stereocenters. The van der Waals surface area contributed by atoms with Crippen LogP contribution in [0.1, 0.15) is 34.1 Å². The van der Waals surface area contributed by atoms with Crippen molar-refractivity contribution in [2.45, 2.75) is 45.8 Å². The quantitative estimate of drug-likeness (QED) is 0.440. The highest BCUT2D eigenvalue weighted by Crippen LogP contribution is 2.09. The van der Waals surface area contributed by atoms with Gasteiger partial charge in [0.1, 0.15) is 12.1 Å². The minimum absolute atomic E-state index is 0.00774. The van der Waals surface area contributed by atoms with Crippen LogP contribution >= 0.6 is 0 Å². The van der Waals surface area contributed by atoms with Crippen LogP contribution in [0.2, 0.25) is 0 Å². The maximum Gasteiger partial charge on any atom is 0.328 e. The van der Waals surface area contributed by atoms with Crippen LogP contribution in [0.4, 0.5) is 0 Å². The van der Waals surface area contributed by atoms with Gasteiger partial charge in [-0.05, 0) is 34.1 Å². The van der Waals surface area contributed by atoms with Crippen LogP contribution in [-0.4, -0.2) is 59.8 Å². The van der Waals surface area contributed by atoms with Crippen molar-refractivity contribution in [1.29, 1.82) is 0 Å². The number of aliphatic imine (C=N–C) groups is 1. The first-order valence-electron chi connectivity index (χ1n) is 6.75. The number of β-amino-alcohol motifs (C(OH)–C–C–N with tert-alkyl or cyclic N) is 1. The molecule has 6 nitrogen and oxygen atoms in total. The van der Waals surface area contributed by atoms with E-state index in [9.17, 15) is 9.90 Å². The molecule has 0 amide bonds. The van der Waals surface area contributed by atoms with Gasteiger partial charge in [-0.15, -0.1) is 0 Å². The standard InChI is InChI=1S/C13H25N3O3/c1-5-14-12(16-7-6-10(17)9-16)15-8-11(18)19-13(2,3)4/h10,17H,5-9H2,1-4H3,(H,14,15)/t10-/m1/s1. The topological polar surface area (TPSA) is 74.2 Å². The third-order valence-corrected chi connectivity index (χ3v) is 2.58. The second-order valence-electron chi connectivity index (χ2n) is 5.65. The first-order chi connectivity index (χ1) is 8.81. The smallest absolute Gasteiger partial charge is 0.328 e. The molecule has 0 bridgehead atoms. The Morgan fingerprint density at radius 1 is 1.53 bits per heavy atom. The zero-order chi connectivity index (χ0) is 14.5. The first-order valence-corrected chi connectivity index (χ1v) is 6.75. The number of likely N-dealkylation sites (tertiary alicyclic amines) is 1. The number of rotatable bonds is 3. The average molecular weight is 271 g/mol. The van der Waals surface area contributed by atoms with Crippen LogP contribution in [0, 0.1) is 0 Å². The number of hydrogen-bond donors (Lipinski definition) is 2. The Balaban J connectivity index is 2.56. The molecule has 1 fully saturated rings. The van der Waals surface area contributed by atoms with Gasteiger partial charge in [0, 0.05) is 19.6 Å². The van der Waals surface area contributed by atoms with Gasteiger partial charge in [-0.25, -0.2) is 4.99 Å². The fourth-order valence-corrected chi connectivity index (χ4v) is 1.87. The first kappa shape index (κ1) is 15.8. The Bertz CT molecular complexity index is 337. The van der Waals surface area contributed by atoms with Gasteiger partial charge < -0.3 is 20.1 Å². The summed E-state index contributed by atoms with van der Waals surface area (Å²) in [7, 11) is 0. The number of ether oxygens (including phenoxy) is 1. The number of hydrogen-bond acceptors (Lipinski definition) is 4. The lowest BCUT2D eigenvalue weighted by atomic mass is 10.2. The third kappa shape index (κ3) is 5.92. The predicted octanol–water partition coefficient (Wildman–Crippen LogP) is 0.360. The van der Waals surface area contributed by atoms with Gasteiger partial charge in [-0.1, -0.05) is 0 Å². The fraction of sp³-hybridized carbons (Fsp3) is 0.846. The van der Waals surface area contributed by atoms with Gasteiger partial charge in [0.2, 0.25) is 0 Å². The monoisotopic (exact) mass is 271 g/mol. The Morgan fingerprint density at radius 2 is 2.21 bits per heavy atom. The van der Waals surface area contributed by atoms with Gasteiger partial charge >= 0.3 is 5.97 Å². The molecule has 0 aliphatic carbocycles. The number of nitrogens with zero attached hydrogens (tertiary/aromatic N) is 2. The van der Waals surface area contributed by atoms with Crippen molar-refractivity contribution in [2.24, 2.45) is 4.99 Å². The molecule has 1 aliphatic rings. The molecule has 0 aromatic heterocycles. The second kappa shape index (κ2) is 6.75. The molecular weight excluding hydrogens is 246 g/mol. The highest BCUT2D eigenvalue weighted by Gasteiger charge is 2.23. The van der Waals surface area contributed by atoms with Gasteiger partial charge in [-0.2, -0.15) is 0 Å². The van der Waals surface area contributed by atoms with Crippen molar-refractivity contribution in [3.63, 3.8) is 0 Å². The van der Waals surface area contributed by atoms with Crippen LogP contribution in [0.25, 0.3) is 0 Å². The van der Waals surface area contributed by atoms with E-state index in [0.717, 1.165) is 19.5 Å². The summed E-state index contributed by atoms with van der Waals surface area (Å²) in [6.07, 6.45) is 0.419. The maximum atomic E-state index is 11.6. The van der Waals surface area contributed by atoms with Gasteiger partial charge in [0.25, 0.3) is 0 Å². The molecular formula is C13H25N3O3. The van der Waals surface area contributed by atoms with E-state index in [-0.39, 0.29) is 18.6 Å². The third-order valence-electron chi connectivity index (χ3n) is 2.58. The molecule has 0 saturated carbocycles. The zero-order valence-corrected chi connectivity index (χ0v) is 12.3. The molecule has 6 heteroatoms. The Kier molecular flexibility index (Phi) is 5.60. The van der Waals surface area contributed by atoms with Gasteiger partial charge in [0.05, 0.1) is 6.10 Å². The molecule has 0 aromatic rings. The van der Waals surface area contributed by atoms with Crippen molar-refractivity contribution in [1.82, 2.24) is 10.2 Å². The van der Waals surface area contributed by atoms with Gasteiger partial charge in [0.15, 0.2) is 5.96 Å².